The number of carbonyl (C=O) groups is 2. The van der Waals surface area contributed by atoms with Crippen LogP contribution in [0.4, 0.5) is 0 Å². The molecule has 0 bridgehead atoms. The van der Waals surface area contributed by atoms with Crippen molar-refractivity contribution >= 4 is 11.8 Å². The number of nitrogens with zero attached hydrogens (tertiary/aromatic N) is 1. The molecule has 0 radical (unpaired) electrons. The summed E-state index contributed by atoms with van der Waals surface area (Å²) >= 11 is 0. The summed E-state index contributed by atoms with van der Waals surface area (Å²) in [4.78, 5) is 25.2. The fourth-order valence-electron chi connectivity index (χ4n) is 2.63. The summed E-state index contributed by atoms with van der Waals surface area (Å²) in [6, 6.07) is 0.252. The Bertz CT molecular complexity index is 287. The van der Waals surface area contributed by atoms with Crippen molar-refractivity contribution in [1.82, 2.24) is 15.5 Å². The first-order valence-electron chi connectivity index (χ1n) is 6.02. The summed E-state index contributed by atoms with van der Waals surface area (Å²) in [5, 5.41) is 5.71. The fraction of sp³-hybridized carbons (Fsp3) is 0.818. The van der Waals surface area contributed by atoms with Gasteiger partial charge in [-0.1, -0.05) is 6.92 Å². The quantitative estimate of drug-likeness (QED) is 0.621. The molecule has 0 aliphatic carbocycles. The van der Waals surface area contributed by atoms with Crippen LogP contribution in [0.15, 0.2) is 0 Å². The first-order valence-corrected chi connectivity index (χ1v) is 6.02. The molecule has 0 aromatic rings. The van der Waals surface area contributed by atoms with Crippen LogP contribution < -0.4 is 10.6 Å². The number of hydrogen-bond donors (Lipinski definition) is 2. The Kier molecular flexibility index (Phi) is 3.56. The van der Waals surface area contributed by atoms with Gasteiger partial charge in [-0.2, -0.15) is 0 Å². The van der Waals surface area contributed by atoms with E-state index in [1.807, 2.05) is 6.92 Å². The van der Waals surface area contributed by atoms with Gasteiger partial charge < -0.3 is 5.32 Å². The highest BCUT2D eigenvalue weighted by Crippen LogP contribution is 2.19. The summed E-state index contributed by atoms with van der Waals surface area (Å²) < 4.78 is 0. The first kappa shape index (κ1) is 11.5. The van der Waals surface area contributed by atoms with E-state index in [-0.39, 0.29) is 17.9 Å². The Labute approximate surface area is 95.6 Å². The van der Waals surface area contributed by atoms with Crippen LogP contribution in [0.5, 0.6) is 0 Å². The molecule has 2 aliphatic rings. The Balaban J connectivity index is 2.08. The number of amides is 2. The Morgan fingerprint density at radius 1 is 1.31 bits per heavy atom. The number of piperazine rings is 1. The minimum atomic E-state index is -0.159. The first-order chi connectivity index (χ1) is 7.72. The lowest BCUT2D eigenvalue weighted by molar-refractivity contribution is -0.142. The van der Waals surface area contributed by atoms with E-state index in [9.17, 15) is 9.59 Å². The Morgan fingerprint density at radius 2 is 2.00 bits per heavy atom. The van der Waals surface area contributed by atoms with E-state index in [0.29, 0.717) is 12.6 Å². The SMILES string of the molecule is CCC1C(=O)NC(=O)CN1C1CCNCC1. The largest absolute Gasteiger partial charge is 0.317 e. The van der Waals surface area contributed by atoms with Crippen LogP contribution in [0, 0.1) is 0 Å². The smallest absolute Gasteiger partial charge is 0.243 e. The zero-order valence-corrected chi connectivity index (χ0v) is 9.66. The average molecular weight is 225 g/mol. The van der Waals surface area contributed by atoms with Gasteiger partial charge in [-0.05, 0) is 32.4 Å². The molecule has 2 N–H and O–H groups in total. The van der Waals surface area contributed by atoms with Crippen molar-refractivity contribution in [1.29, 1.82) is 0 Å². The lowest BCUT2D eigenvalue weighted by Gasteiger charge is -2.40. The van der Waals surface area contributed by atoms with Gasteiger partial charge in [-0.3, -0.25) is 19.8 Å². The maximum Gasteiger partial charge on any atom is 0.243 e. The highest BCUT2D eigenvalue weighted by atomic mass is 16.2. The third-order valence-electron chi connectivity index (χ3n) is 3.46. The standard InChI is InChI=1S/C11H19N3O2/c1-2-9-11(16)13-10(15)7-14(9)8-3-5-12-6-4-8/h8-9,12H,2-7H2,1H3,(H,13,15,16). The highest BCUT2D eigenvalue weighted by Gasteiger charge is 2.36. The molecule has 0 aromatic heterocycles. The third-order valence-corrected chi connectivity index (χ3v) is 3.46. The lowest BCUT2D eigenvalue weighted by atomic mass is 9.99. The van der Waals surface area contributed by atoms with Gasteiger partial charge in [0.25, 0.3) is 0 Å². The molecule has 16 heavy (non-hydrogen) atoms. The third kappa shape index (κ3) is 2.25. The summed E-state index contributed by atoms with van der Waals surface area (Å²) in [5.74, 6) is -0.287. The molecule has 90 valence electrons. The second-order valence-corrected chi connectivity index (χ2v) is 4.49. The van der Waals surface area contributed by atoms with Crippen molar-refractivity contribution in [2.75, 3.05) is 19.6 Å². The van der Waals surface area contributed by atoms with Gasteiger partial charge in [0.2, 0.25) is 11.8 Å². The van der Waals surface area contributed by atoms with Crippen molar-refractivity contribution in [2.24, 2.45) is 0 Å². The summed E-state index contributed by atoms with van der Waals surface area (Å²) in [5.41, 5.74) is 0. The predicted molar refractivity (Wildman–Crippen MR) is 59.8 cm³/mol. The van der Waals surface area contributed by atoms with Crippen LogP contribution in [-0.2, 0) is 9.59 Å². The number of nitrogens with one attached hydrogen (secondary N) is 2. The van der Waals surface area contributed by atoms with Crippen molar-refractivity contribution in [2.45, 2.75) is 38.3 Å². The molecule has 1 unspecified atom stereocenters. The molecule has 5 nitrogen and oxygen atoms in total. The summed E-state index contributed by atoms with van der Waals surface area (Å²) in [6.07, 6.45) is 2.82. The lowest BCUT2D eigenvalue weighted by Crippen LogP contribution is -2.61. The number of carbonyl (C=O) groups excluding carboxylic acids is 2. The molecule has 0 spiro atoms. The number of piperidine rings is 1. The minimum absolute atomic E-state index is 0.124. The maximum absolute atomic E-state index is 11.7. The summed E-state index contributed by atoms with van der Waals surface area (Å²) in [7, 11) is 0. The molecule has 0 saturated carbocycles. The van der Waals surface area contributed by atoms with E-state index in [1.54, 1.807) is 0 Å². The molecule has 1 atom stereocenters. The van der Waals surface area contributed by atoms with E-state index in [1.165, 1.54) is 0 Å². The predicted octanol–water partition coefficient (Wildman–Crippen LogP) is -0.525. The molecule has 2 fully saturated rings. The zero-order valence-electron chi connectivity index (χ0n) is 9.66. The molecule has 2 aliphatic heterocycles. The normalized spacial score (nSPS) is 29.2. The van der Waals surface area contributed by atoms with E-state index in [0.717, 1.165) is 32.4 Å². The molecule has 2 amide bonds. The van der Waals surface area contributed by atoms with Crippen molar-refractivity contribution in [3.05, 3.63) is 0 Å². The van der Waals surface area contributed by atoms with Crippen molar-refractivity contribution < 1.29 is 9.59 Å². The fourth-order valence-corrected chi connectivity index (χ4v) is 2.63. The Morgan fingerprint density at radius 3 is 2.62 bits per heavy atom. The monoisotopic (exact) mass is 225 g/mol. The number of hydrogen-bond acceptors (Lipinski definition) is 4. The highest BCUT2D eigenvalue weighted by molar-refractivity contribution is 6.01. The van der Waals surface area contributed by atoms with Gasteiger partial charge in [-0.15, -0.1) is 0 Å². The van der Waals surface area contributed by atoms with Gasteiger partial charge in [0.05, 0.1) is 12.6 Å². The number of rotatable bonds is 2. The molecule has 2 saturated heterocycles. The van der Waals surface area contributed by atoms with E-state index in [2.05, 4.69) is 15.5 Å². The van der Waals surface area contributed by atoms with Crippen LogP contribution >= 0.6 is 0 Å². The van der Waals surface area contributed by atoms with E-state index < -0.39 is 0 Å². The van der Waals surface area contributed by atoms with Gasteiger partial charge in [0, 0.05) is 6.04 Å². The van der Waals surface area contributed by atoms with Crippen LogP contribution in [0.2, 0.25) is 0 Å². The topological polar surface area (TPSA) is 61.4 Å². The maximum atomic E-state index is 11.7. The Hall–Kier alpha value is -0.940. The van der Waals surface area contributed by atoms with Gasteiger partial charge >= 0.3 is 0 Å². The molecular formula is C11H19N3O2. The van der Waals surface area contributed by atoms with E-state index in [4.69, 9.17) is 0 Å². The minimum Gasteiger partial charge on any atom is -0.317 e. The van der Waals surface area contributed by atoms with E-state index >= 15 is 0 Å². The molecule has 2 heterocycles. The summed E-state index contributed by atoms with van der Waals surface area (Å²) in [6.45, 7) is 4.32. The number of imide groups is 1. The van der Waals surface area contributed by atoms with Gasteiger partial charge in [0.15, 0.2) is 0 Å². The molecular weight excluding hydrogens is 206 g/mol. The average Bonchev–Trinajstić information content (AvgIpc) is 2.29. The van der Waals surface area contributed by atoms with Crippen LogP contribution in [0.1, 0.15) is 26.2 Å². The second kappa shape index (κ2) is 4.93. The van der Waals surface area contributed by atoms with Gasteiger partial charge in [0.1, 0.15) is 0 Å². The second-order valence-electron chi connectivity index (χ2n) is 4.49. The molecule has 2 rings (SSSR count). The van der Waals surface area contributed by atoms with Gasteiger partial charge in [-0.25, -0.2) is 0 Å². The zero-order chi connectivity index (χ0) is 11.5. The van der Waals surface area contributed by atoms with Crippen molar-refractivity contribution in [3.63, 3.8) is 0 Å². The van der Waals surface area contributed by atoms with Crippen LogP contribution in [0.25, 0.3) is 0 Å². The van der Waals surface area contributed by atoms with Crippen LogP contribution in [-0.4, -0.2) is 48.4 Å². The molecule has 5 heteroatoms. The molecule has 0 aromatic carbocycles. The van der Waals surface area contributed by atoms with Crippen LogP contribution in [0.3, 0.4) is 0 Å². The van der Waals surface area contributed by atoms with Crippen molar-refractivity contribution in [3.8, 4) is 0 Å².